The molecule has 1 fully saturated rings. The van der Waals surface area contributed by atoms with Crippen LogP contribution in [0.1, 0.15) is 30.1 Å². The molecule has 0 atom stereocenters. The van der Waals surface area contributed by atoms with E-state index in [-0.39, 0.29) is 5.91 Å². The lowest BCUT2D eigenvalue weighted by Crippen LogP contribution is -2.29. The van der Waals surface area contributed by atoms with E-state index in [2.05, 4.69) is 22.5 Å². The highest BCUT2D eigenvalue weighted by Gasteiger charge is 2.37. The fourth-order valence-electron chi connectivity index (χ4n) is 1.53. The molecule has 0 radical (unpaired) electrons. The lowest BCUT2D eigenvalue weighted by Gasteiger charge is -2.10. The summed E-state index contributed by atoms with van der Waals surface area (Å²) in [6.07, 6.45) is 3.90. The lowest BCUT2D eigenvalue weighted by atomic mass is 10.1. The highest BCUT2D eigenvalue weighted by molar-refractivity contribution is 6.33. The predicted molar refractivity (Wildman–Crippen MR) is 68.5 cm³/mol. The van der Waals surface area contributed by atoms with Crippen LogP contribution in [0.3, 0.4) is 0 Å². The fraction of sp³-hybridized carbons (Fsp3) is 0.500. The van der Waals surface area contributed by atoms with E-state index in [9.17, 15) is 4.79 Å². The Bertz CT molecular complexity index is 443. The van der Waals surface area contributed by atoms with Crippen LogP contribution in [-0.2, 0) is 0 Å². The fourth-order valence-corrected chi connectivity index (χ4v) is 1.79. The van der Waals surface area contributed by atoms with Gasteiger partial charge in [0.2, 0.25) is 0 Å². The number of pyridine rings is 1. The number of carbonyl (C=O) groups is 1. The summed E-state index contributed by atoms with van der Waals surface area (Å²) < 4.78 is 0. The number of carbonyl (C=O) groups excluding carboxylic acids is 1. The molecular weight excluding hydrogens is 238 g/mol. The number of nitrogens with zero attached hydrogens (tertiary/aromatic N) is 1. The molecule has 0 saturated heterocycles. The molecule has 0 bridgehead atoms. The predicted octanol–water partition coefficient (Wildman–Crippen LogP) is 2.31. The lowest BCUT2D eigenvalue weighted by molar-refractivity contribution is 0.0946. The van der Waals surface area contributed by atoms with Crippen molar-refractivity contribution in [1.29, 1.82) is 0 Å². The van der Waals surface area contributed by atoms with E-state index in [1.54, 1.807) is 13.1 Å². The second kappa shape index (κ2) is 4.53. The van der Waals surface area contributed by atoms with Gasteiger partial charge in [-0.1, -0.05) is 18.5 Å². The molecular formula is C12H16ClN3O. The van der Waals surface area contributed by atoms with Crippen LogP contribution in [0, 0.1) is 5.41 Å². The minimum absolute atomic E-state index is 0.116. The van der Waals surface area contributed by atoms with Gasteiger partial charge in [0.15, 0.2) is 0 Å². The molecule has 0 unspecified atom stereocenters. The Balaban J connectivity index is 2.01. The Morgan fingerprint density at radius 1 is 1.59 bits per heavy atom. The molecule has 1 aliphatic carbocycles. The molecule has 2 rings (SSSR count). The van der Waals surface area contributed by atoms with Crippen molar-refractivity contribution in [2.24, 2.45) is 5.41 Å². The first-order chi connectivity index (χ1) is 8.04. The maximum atomic E-state index is 11.8. The van der Waals surface area contributed by atoms with Gasteiger partial charge in [-0.25, -0.2) is 4.98 Å². The van der Waals surface area contributed by atoms with E-state index in [0.717, 1.165) is 6.54 Å². The van der Waals surface area contributed by atoms with Crippen molar-refractivity contribution < 1.29 is 4.79 Å². The van der Waals surface area contributed by atoms with E-state index in [1.807, 2.05) is 0 Å². The van der Waals surface area contributed by atoms with E-state index < -0.39 is 0 Å². The maximum Gasteiger partial charge on any atom is 0.252 e. The molecule has 1 aromatic heterocycles. The van der Waals surface area contributed by atoms with E-state index >= 15 is 0 Å². The first-order valence-electron chi connectivity index (χ1n) is 5.66. The van der Waals surface area contributed by atoms with Gasteiger partial charge < -0.3 is 10.6 Å². The topological polar surface area (TPSA) is 54.0 Å². The zero-order valence-corrected chi connectivity index (χ0v) is 10.8. The van der Waals surface area contributed by atoms with Crippen LogP contribution in [0.2, 0.25) is 5.02 Å². The summed E-state index contributed by atoms with van der Waals surface area (Å²) >= 11 is 5.97. The normalized spacial score (nSPS) is 16.4. The minimum atomic E-state index is -0.116. The molecule has 5 heteroatoms. The van der Waals surface area contributed by atoms with Crippen LogP contribution in [0.25, 0.3) is 0 Å². The first-order valence-corrected chi connectivity index (χ1v) is 6.03. The van der Waals surface area contributed by atoms with Crippen LogP contribution >= 0.6 is 11.6 Å². The van der Waals surface area contributed by atoms with Gasteiger partial charge in [-0.3, -0.25) is 4.79 Å². The Morgan fingerprint density at radius 3 is 2.82 bits per heavy atom. The quantitative estimate of drug-likeness (QED) is 0.866. The molecule has 0 aromatic carbocycles. The number of halogens is 1. The number of amides is 1. The van der Waals surface area contributed by atoms with Crippen molar-refractivity contribution in [1.82, 2.24) is 10.3 Å². The second-order valence-electron chi connectivity index (χ2n) is 4.80. The molecule has 92 valence electrons. The number of anilines is 1. The minimum Gasteiger partial charge on any atom is -0.372 e. The van der Waals surface area contributed by atoms with Gasteiger partial charge >= 0.3 is 0 Å². The van der Waals surface area contributed by atoms with Crippen LogP contribution < -0.4 is 10.6 Å². The first kappa shape index (κ1) is 12.2. The molecule has 0 spiro atoms. The van der Waals surface area contributed by atoms with E-state index in [4.69, 9.17) is 11.6 Å². The van der Waals surface area contributed by atoms with Crippen molar-refractivity contribution in [3.05, 3.63) is 22.8 Å². The zero-order valence-electron chi connectivity index (χ0n) is 10.0. The highest BCUT2D eigenvalue weighted by Crippen LogP contribution is 2.44. The third-order valence-electron chi connectivity index (χ3n) is 3.12. The summed E-state index contributed by atoms with van der Waals surface area (Å²) in [6, 6.07) is 1.63. The average Bonchev–Trinajstić information content (AvgIpc) is 3.05. The number of hydrogen-bond acceptors (Lipinski definition) is 3. The van der Waals surface area contributed by atoms with Gasteiger partial charge in [0, 0.05) is 19.8 Å². The number of aromatic nitrogens is 1. The van der Waals surface area contributed by atoms with Crippen molar-refractivity contribution in [2.75, 3.05) is 18.9 Å². The van der Waals surface area contributed by atoms with Crippen LogP contribution in [0.5, 0.6) is 0 Å². The molecule has 2 N–H and O–H groups in total. The average molecular weight is 254 g/mol. The van der Waals surface area contributed by atoms with Gasteiger partial charge in [-0.05, 0) is 24.3 Å². The van der Waals surface area contributed by atoms with Crippen molar-refractivity contribution in [2.45, 2.75) is 19.8 Å². The number of nitrogens with one attached hydrogen (secondary N) is 2. The highest BCUT2D eigenvalue weighted by atomic mass is 35.5. The van der Waals surface area contributed by atoms with E-state index in [0.29, 0.717) is 21.8 Å². The van der Waals surface area contributed by atoms with E-state index in [1.165, 1.54) is 19.0 Å². The summed E-state index contributed by atoms with van der Waals surface area (Å²) in [6.45, 7) is 2.89. The van der Waals surface area contributed by atoms with Gasteiger partial charge in [-0.15, -0.1) is 0 Å². The van der Waals surface area contributed by atoms with Crippen LogP contribution in [-0.4, -0.2) is 24.5 Å². The van der Waals surface area contributed by atoms with Gasteiger partial charge in [0.05, 0.1) is 10.6 Å². The molecule has 1 aromatic rings. The third-order valence-corrected chi connectivity index (χ3v) is 3.41. The molecule has 4 nitrogen and oxygen atoms in total. The molecule has 17 heavy (non-hydrogen) atoms. The van der Waals surface area contributed by atoms with Crippen molar-refractivity contribution >= 4 is 23.3 Å². The monoisotopic (exact) mass is 253 g/mol. The Hall–Kier alpha value is -1.29. The number of hydrogen-bond donors (Lipinski definition) is 2. The Kier molecular flexibility index (Phi) is 3.24. The third kappa shape index (κ3) is 2.88. The number of rotatable bonds is 4. The molecule has 1 amide bonds. The molecule has 1 heterocycles. The summed E-state index contributed by atoms with van der Waals surface area (Å²) in [5.74, 6) is 0.465. The van der Waals surface area contributed by atoms with Gasteiger partial charge in [0.1, 0.15) is 5.82 Å². The molecule has 1 aliphatic rings. The summed E-state index contributed by atoms with van der Waals surface area (Å²) in [4.78, 5) is 15.9. The molecule has 1 saturated carbocycles. The smallest absolute Gasteiger partial charge is 0.252 e. The van der Waals surface area contributed by atoms with Crippen LogP contribution in [0.15, 0.2) is 12.3 Å². The Labute approximate surface area is 106 Å². The van der Waals surface area contributed by atoms with Crippen molar-refractivity contribution in [3.8, 4) is 0 Å². The standard InChI is InChI=1S/C12H16ClN3O/c1-12(3-4-12)7-16-11(17)8-5-9(13)10(14-2)15-6-8/h5-6H,3-4,7H2,1-2H3,(H,14,15)(H,16,17). The SMILES string of the molecule is CNc1ncc(C(=O)NCC2(C)CC2)cc1Cl. The zero-order chi connectivity index (χ0) is 12.5. The molecule has 0 aliphatic heterocycles. The van der Waals surface area contributed by atoms with Crippen molar-refractivity contribution in [3.63, 3.8) is 0 Å². The van der Waals surface area contributed by atoms with Crippen LogP contribution in [0.4, 0.5) is 5.82 Å². The summed E-state index contributed by atoms with van der Waals surface area (Å²) in [5, 5.41) is 6.22. The van der Waals surface area contributed by atoms with Gasteiger partial charge in [-0.2, -0.15) is 0 Å². The second-order valence-corrected chi connectivity index (χ2v) is 5.20. The summed E-state index contributed by atoms with van der Waals surface area (Å²) in [7, 11) is 1.74. The van der Waals surface area contributed by atoms with Gasteiger partial charge in [0.25, 0.3) is 5.91 Å². The summed E-state index contributed by atoms with van der Waals surface area (Å²) in [5.41, 5.74) is 0.802. The maximum absolute atomic E-state index is 11.8. The largest absolute Gasteiger partial charge is 0.372 e. The Morgan fingerprint density at radius 2 is 2.29 bits per heavy atom.